The first-order valence-corrected chi connectivity index (χ1v) is 14.2. The van der Waals surface area contributed by atoms with Gasteiger partial charge in [0.25, 0.3) is 0 Å². The maximum atomic E-state index is 13.8. The number of hydrogen-bond acceptors (Lipinski definition) is 6. The van der Waals surface area contributed by atoms with E-state index in [1.165, 1.54) is 4.90 Å². The van der Waals surface area contributed by atoms with Crippen molar-refractivity contribution in [2.75, 3.05) is 31.2 Å². The summed E-state index contributed by atoms with van der Waals surface area (Å²) < 4.78 is 11.4. The summed E-state index contributed by atoms with van der Waals surface area (Å²) in [5.74, 6) is 0.484. The van der Waals surface area contributed by atoms with E-state index >= 15 is 0 Å². The number of benzene rings is 2. The van der Waals surface area contributed by atoms with Gasteiger partial charge in [-0.15, -0.1) is 0 Å². The van der Waals surface area contributed by atoms with Gasteiger partial charge >= 0.3 is 0 Å². The number of amides is 2. The highest BCUT2D eigenvalue weighted by molar-refractivity contribution is 6.37. The lowest BCUT2D eigenvalue weighted by molar-refractivity contribution is -0.136. The van der Waals surface area contributed by atoms with Gasteiger partial charge < -0.3 is 19.7 Å². The van der Waals surface area contributed by atoms with E-state index in [1.807, 2.05) is 36.1 Å². The number of nitrogens with zero attached hydrogens (tertiary/aromatic N) is 3. The number of hydrogen-bond donors (Lipinski definition) is 1. The summed E-state index contributed by atoms with van der Waals surface area (Å²) in [4.78, 5) is 34.6. The van der Waals surface area contributed by atoms with Crippen LogP contribution in [0.3, 0.4) is 0 Å². The van der Waals surface area contributed by atoms with Crippen LogP contribution in [0.4, 0.5) is 5.69 Å². The molecule has 2 fully saturated rings. The molecule has 2 aliphatic rings. The first-order valence-electron chi connectivity index (χ1n) is 13.0. The van der Waals surface area contributed by atoms with Gasteiger partial charge in [-0.1, -0.05) is 46.9 Å². The van der Waals surface area contributed by atoms with Crippen LogP contribution in [-0.2, 0) is 16.1 Å². The van der Waals surface area contributed by atoms with Crippen molar-refractivity contribution in [3.8, 4) is 11.6 Å². The minimum absolute atomic E-state index is 0.0936. The number of piperazine rings is 1. The van der Waals surface area contributed by atoms with Crippen LogP contribution in [0, 0.1) is 6.92 Å². The minimum Gasteiger partial charge on any atom is -0.487 e. The molecule has 0 radical (unpaired) electrons. The summed E-state index contributed by atoms with van der Waals surface area (Å²) in [5.41, 5.74) is 2.47. The van der Waals surface area contributed by atoms with Crippen molar-refractivity contribution in [2.24, 2.45) is 0 Å². The quantitative estimate of drug-likeness (QED) is 0.317. The lowest BCUT2D eigenvalue weighted by atomic mass is 10.1. The van der Waals surface area contributed by atoms with Crippen molar-refractivity contribution >= 4 is 52.3 Å². The Labute approximate surface area is 248 Å². The number of halogens is 3. The molecule has 1 aromatic heterocycles. The van der Waals surface area contributed by atoms with Crippen LogP contribution in [0.5, 0.6) is 11.6 Å². The molecule has 40 heavy (non-hydrogen) atoms. The second-order valence-electron chi connectivity index (χ2n) is 9.84. The van der Waals surface area contributed by atoms with Crippen LogP contribution in [0.2, 0.25) is 15.1 Å². The van der Waals surface area contributed by atoms with E-state index in [2.05, 4.69) is 10.3 Å². The smallest absolute Gasteiger partial charge is 0.247 e. The topological polar surface area (TPSA) is 84.0 Å². The van der Waals surface area contributed by atoms with Crippen LogP contribution in [0.25, 0.3) is 0 Å². The molecule has 210 valence electrons. The molecule has 8 nitrogen and oxygen atoms in total. The first-order chi connectivity index (χ1) is 19.3. The lowest BCUT2D eigenvalue weighted by Crippen LogP contribution is -2.61. The van der Waals surface area contributed by atoms with Crippen molar-refractivity contribution in [1.82, 2.24) is 15.2 Å². The predicted octanol–water partition coefficient (Wildman–Crippen LogP) is 5.30. The molecule has 0 bridgehead atoms. The fourth-order valence-electron chi connectivity index (χ4n) is 4.65. The van der Waals surface area contributed by atoms with Gasteiger partial charge in [0.15, 0.2) is 5.75 Å². The number of aryl methyl sites for hydroxylation is 1. The number of pyridine rings is 1. The Morgan fingerprint density at radius 2 is 1.75 bits per heavy atom. The second kappa shape index (κ2) is 12.6. The molecule has 0 unspecified atom stereocenters. The number of carbonyl (C=O) groups is 2. The van der Waals surface area contributed by atoms with Gasteiger partial charge in [0.2, 0.25) is 17.7 Å². The fourth-order valence-corrected chi connectivity index (χ4v) is 5.48. The number of carbonyl (C=O) groups excluding carboxylic acids is 2. The zero-order chi connectivity index (χ0) is 28.2. The van der Waals surface area contributed by atoms with Gasteiger partial charge in [-0.2, -0.15) is 0 Å². The number of nitrogens with one attached hydrogen (secondary N) is 1. The molecule has 0 spiro atoms. The van der Waals surface area contributed by atoms with Gasteiger partial charge in [-0.25, -0.2) is 4.98 Å². The molecule has 2 aromatic carbocycles. The molecule has 5 rings (SSSR count). The van der Waals surface area contributed by atoms with E-state index in [0.29, 0.717) is 45.5 Å². The van der Waals surface area contributed by atoms with Gasteiger partial charge in [-0.05, 0) is 61.2 Å². The second-order valence-corrected chi connectivity index (χ2v) is 11.1. The highest BCUT2D eigenvalue weighted by Crippen LogP contribution is 2.34. The van der Waals surface area contributed by atoms with Crippen LogP contribution in [-0.4, -0.2) is 60.1 Å². The third-order valence-electron chi connectivity index (χ3n) is 6.74. The Morgan fingerprint density at radius 1 is 1.05 bits per heavy atom. The van der Waals surface area contributed by atoms with Gasteiger partial charge in [0.05, 0.1) is 28.5 Å². The zero-order valence-corrected chi connectivity index (χ0v) is 24.2. The van der Waals surface area contributed by atoms with Crippen molar-refractivity contribution in [3.05, 3.63) is 80.9 Å². The van der Waals surface area contributed by atoms with E-state index in [1.54, 1.807) is 30.5 Å². The van der Waals surface area contributed by atoms with E-state index in [4.69, 9.17) is 44.3 Å². The van der Waals surface area contributed by atoms with Gasteiger partial charge in [-0.3, -0.25) is 14.5 Å². The molecule has 2 heterocycles. The Balaban J connectivity index is 1.23. The summed E-state index contributed by atoms with van der Waals surface area (Å²) in [6.45, 7) is 3.28. The molecular formula is C29H29Cl3N4O4. The van der Waals surface area contributed by atoms with Crippen LogP contribution < -0.4 is 19.7 Å². The molecule has 1 aliphatic carbocycles. The maximum Gasteiger partial charge on any atom is 0.247 e. The number of ether oxygens (including phenoxy) is 2. The summed E-state index contributed by atoms with van der Waals surface area (Å²) in [6.07, 6.45) is 3.45. The Kier molecular flexibility index (Phi) is 9.00. The van der Waals surface area contributed by atoms with E-state index in [0.717, 1.165) is 24.0 Å². The van der Waals surface area contributed by atoms with Crippen molar-refractivity contribution < 1.29 is 19.1 Å². The van der Waals surface area contributed by atoms with Crippen LogP contribution >= 0.6 is 34.8 Å². The monoisotopic (exact) mass is 602 g/mol. The predicted molar refractivity (Wildman–Crippen MR) is 156 cm³/mol. The largest absolute Gasteiger partial charge is 0.487 e. The van der Waals surface area contributed by atoms with E-state index in [9.17, 15) is 9.59 Å². The molecule has 11 heteroatoms. The SMILES string of the molecule is Cc1cc(Cl)c(OCCOc2ccc(N3C(=O)CNC[C@@H]3C(=O)N(Cc3ccc(Cl)cc3)C3CC3)cn2)c(Cl)c1. The Morgan fingerprint density at radius 3 is 2.40 bits per heavy atom. The summed E-state index contributed by atoms with van der Waals surface area (Å²) >= 11 is 18.5. The average molecular weight is 604 g/mol. The molecule has 1 N–H and O–H groups in total. The highest BCUT2D eigenvalue weighted by atomic mass is 35.5. The molecule has 1 aliphatic heterocycles. The molecule has 2 amide bonds. The van der Waals surface area contributed by atoms with Crippen LogP contribution in [0.15, 0.2) is 54.7 Å². The number of anilines is 1. The summed E-state index contributed by atoms with van der Waals surface area (Å²) in [7, 11) is 0. The van der Waals surface area contributed by atoms with Crippen molar-refractivity contribution in [2.45, 2.75) is 38.4 Å². The van der Waals surface area contributed by atoms with Crippen molar-refractivity contribution in [3.63, 3.8) is 0 Å². The third-order valence-corrected chi connectivity index (χ3v) is 7.55. The normalized spacial score (nSPS) is 17.1. The van der Waals surface area contributed by atoms with Crippen LogP contribution in [0.1, 0.15) is 24.0 Å². The van der Waals surface area contributed by atoms with Gasteiger partial charge in [0, 0.05) is 30.2 Å². The van der Waals surface area contributed by atoms with E-state index in [-0.39, 0.29) is 37.6 Å². The van der Waals surface area contributed by atoms with E-state index < -0.39 is 6.04 Å². The molecular weight excluding hydrogens is 575 g/mol. The number of rotatable bonds is 10. The Hall–Kier alpha value is -3.04. The first kappa shape index (κ1) is 28.5. The fraction of sp³-hybridized carbons (Fsp3) is 0.345. The third kappa shape index (κ3) is 6.81. The maximum absolute atomic E-state index is 13.8. The number of aromatic nitrogens is 1. The van der Waals surface area contributed by atoms with Gasteiger partial charge in [0.1, 0.15) is 19.3 Å². The standard InChI is InChI=1S/C29H29Cl3N4O4/c1-18-12-23(31)28(24(32)13-18)40-11-10-39-26-9-8-22(14-34-26)36-25(15-33-16-27(36)37)29(38)35(21-6-7-21)17-19-2-4-20(30)5-3-19/h2-5,8-9,12-14,21,25,33H,6-7,10-11,15-17H2,1H3/t25-/m1/s1. The molecule has 1 saturated heterocycles. The minimum atomic E-state index is -0.680. The summed E-state index contributed by atoms with van der Waals surface area (Å²) in [6, 6.07) is 13.9. The summed E-state index contributed by atoms with van der Waals surface area (Å²) in [5, 5.41) is 4.61. The zero-order valence-electron chi connectivity index (χ0n) is 21.9. The highest BCUT2D eigenvalue weighted by Gasteiger charge is 2.41. The Bertz CT molecular complexity index is 1340. The molecule has 3 aromatic rings. The molecule has 1 atom stereocenters. The van der Waals surface area contributed by atoms with Crippen molar-refractivity contribution in [1.29, 1.82) is 0 Å². The average Bonchev–Trinajstić information content (AvgIpc) is 3.77. The molecule has 1 saturated carbocycles. The lowest BCUT2D eigenvalue weighted by Gasteiger charge is -2.38.